The topological polar surface area (TPSA) is 82.0 Å². The molecule has 0 aliphatic rings. The van der Waals surface area contributed by atoms with Gasteiger partial charge in [0.25, 0.3) is 5.91 Å². The highest BCUT2D eigenvalue weighted by Crippen LogP contribution is 2.20. The lowest BCUT2D eigenvalue weighted by atomic mass is 10.1. The summed E-state index contributed by atoms with van der Waals surface area (Å²) in [6.07, 6.45) is 1.61. The van der Waals surface area contributed by atoms with E-state index in [2.05, 4.69) is 4.98 Å². The molecule has 1 heterocycles. The molecule has 4 N–H and O–H groups in total. The van der Waals surface area contributed by atoms with Crippen molar-refractivity contribution in [3.8, 4) is 11.1 Å². The van der Waals surface area contributed by atoms with E-state index in [4.69, 9.17) is 11.5 Å². The number of nitrogens with zero attached hydrogens (tertiary/aromatic N) is 1. The Balaban J connectivity index is 2.38. The summed E-state index contributed by atoms with van der Waals surface area (Å²) >= 11 is 0. The second-order valence-corrected chi connectivity index (χ2v) is 3.42. The average Bonchev–Trinajstić information content (AvgIpc) is 2.29. The van der Waals surface area contributed by atoms with Gasteiger partial charge in [-0.25, -0.2) is 0 Å². The molecule has 2 aromatic rings. The maximum atomic E-state index is 10.8. The maximum Gasteiger partial charge on any atom is 0.267 e. The number of anilines is 1. The minimum absolute atomic E-state index is 0.257. The first-order chi connectivity index (χ1) is 7.66. The smallest absolute Gasteiger partial charge is 0.267 e. The predicted octanol–water partition coefficient (Wildman–Crippen LogP) is 1.43. The number of nitrogens with two attached hydrogens (primary N) is 2. The Kier molecular flexibility index (Phi) is 2.55. The van der Waals surface area contributed by atoms with Gasteiger partial charge in [0.1, 0.15) is 5.69 Å². The Morgan fingerprint density at radius 2 is 1.94 bits per heavy atom. The number of aromatic nitrogens is 1. The van der Waals surface area contributed by atoms with Gasteiger partial charge in [0.15, 0.2) is 0 Å². The number of benzene rings is 1. The molecule has 0 atom stereocenters. The van der Waals surface area contributed by atoms with Gasteiger partial charge in [0.2, 0.25) is 0 Å². The minimum Gasteiger partial charge on any atom is -0.399 e. The highest BCUT2D eigenvalue weighted by atomic mass is 16.1. The summed E-state index contributed by atoms with van der Waals surface area (Å²) in [5.74, 6) is -0.529. The number of rotatable bonds is 2. The Bertz CT molecular complexity index is 520. The lowest BCUT2D eigenvalue weighted by Crippen LogP contribution is -2.12. The molecule has 16 heavy (non-hydrogen) atoms. The van der Waals surface area contributed by atoms with Gasteiger partial charge in [-0.3, -0.25) is 9.78 Å². The van der Waals surface area contributed by atoms with Gasteiger partial charge < -0.3 is 11.5 Å². The molecule has 0 aliphatic carbocycles. The molecule has 0 saturated carbocycles. The van der Waals surface area contributed by atoms with Crippen LogP contribution < -0.4 is 11.5 Å². The quantitative estimate of drug-likeness (QED) is 0.740. The number of amides is 1. The summed E-state index contributed by atoms with van der Waals surface area (Å²) in [5, 5.41) is 0. The molecule has 1 aromatic heterocycles. The lowest BCUT2D eigenvalue weighted by Gasteiger charge is -2.02. The first-order valence-electron chi connectivity index (χ1n) is 4.78. The molecule has 4 nitrogen and oxygen atoms in total. The first kappa shape index (κ1) is 10.2. The highest BCUT2D eigenvalue weighted by Gasteiger charge is 2.03. The number of nitrogen functional groups attached to an aromatic ring is 1. The molecular formula is C12H11N3O. The van der Waals surface area contributed by atoms with Crippen molar-refractivity contribution in [2.45, 2.75) is 0 Å². The zero-order valence-corrected chi connectivity index (χ0v) is 8.55. The van der Waals surface area contributed by atoms with E-state index in [0.29, 0.717) is 5.69 Å². The summed E-state index contributed by atoms with van der Waals surface area (Å²) < 4.78 is 0. The molecule has 1 amide bonds. The fraction of sp³-hybridized carbons (Fsp3) is 0. The van der Waals surface area contributed by atoms with Crippen molar-refractivity contribution >= 4 is 11.6 Å². The Hall–Kier alpha value is -2.36. The van der Waals surface area contributed by atoms with Crippen LogP contribution in [0.15, 0.2) is 42.6 Å². The van der Waals surface area contributed by atoms with Crippen molar-refractivity contribution in [1.82, 2.24) is 4.98 Å². The third kappa shape index (κ3) is 2.00. The minimum atomic E-state index is -0.529. The second-order valence-electron chi connectivity index (χ2n) is 3.42. The summed E-state index contributed by atoms with van der Waals surface area (Å²) in [6, 6.07) is 10.8. The predicted molar refractivity (Wildman–Crippen MR) is 62.6 cm³/mol. The molecule has 0 radical (unpaired) electrons. The van der Waals surface area contributed by atoms with Crippen LogP contribution in [0, 0.1) is 0 Å². The van der Waals surface area contributed by atoms with E-state index in [1.54, 1.807) is 18.3 Å². The van der Waals surface area contributed by atoms with Gasteiger partial charge in [-0.05, 0) is 23.8 Å². The Labute approximate surface area is 92.9 Å². The molecule has 0 aliphatic heterocycles. The largest absolute Gasteiger partial charge is 0.399 e. The van der Waals surface area contributed by atoms with Gasteiger partial charge in [0, 0.05) is 17.4 Å². The Morgan fingerprint density at radius 3 is 2.50 bits per heavy atom. The van der Waals surface area contributed by atoms with E-state index in [9.17, 15) is 4.79 Å². The SMILES string of the molecule is NC(=O)c1ccc(-c2cccc(N)c2)cn1. The van der Waals surface area contributed by atoms with Crippen molar-refractivity contribution in [3.05, 3.63) is 48.3 Å². The standard InChI is InChI=1S/C12H11N3O/c13-10-3-1-2-8(6-10)9-4-5-11(12(14)16)15-7-9/h1-7H,13H2,(H2,14,16). The van der Waals surface area contributed by atoms with Crippen LogP contribution in [0.3, 0.4) is 0 Å². The Morgan fingerprint density at radius 1 is 1.12 bits per heavy atom. The van der Waals surface area contributed by atoms with Crippen LogP contribution in [0.4, 0.5) is 5.69 Å². The first-order valence-corrected chi connectivity index (χ1v) is 4.78. The highest BCUT2D eigenvalue weighted by molar-refractivity contribution is 5.91. The summed E-state index contributed by atoms with van der Waals surface area (Å²) in [5.41, 5.74) is 13.6. The molecule has 0 bridgehead atoms. The molecular weight excluding hydrogens is 202 g/mol. The average molecular weight is 213 g/mol. The van der Waals surface area contributed by atoms with Crippen molar-refractivity contribution in [1.29, 1.82) is 0 Å². The number of pyridine rings is 1. The van der Waals surface area contributed by atoms with Gasteiger partial charge in [-0.2, -0.15) is 0 Å². The number of hydrogen-bond acceptors (Lipinski definition) is 3. The van der Waals surface area contributed by atoms with Gasteiger partial charge in [0.05, 0.1) is 0 Å². The van der Waals surface area contributed by atoms with E-state index in [0.717, 1.165) is 11.1 Å². The molecule has 0 spiro atoms. The van der Waals surface area contributed by atoms with E-state index < -0.39 is 5.91 Å². The van der Waals surface area contributed by atoms with E-state index in [-0.39, 0.29) is 5.69 Å². The van der Waals surface area contributed by atoms with Crippen LogP contribution in [0.2, 0.25) is 0 Å². The molecule has 0 saturated heterocycles. The number of carbonyl (C=O) groups excluding carboxylic acids is 1. The zero-order chi connectivity index (χ0) is 11.5. The van der Waals surface area contributed by atoms with Gasteiger partial charge in [-0.15, -0.1) is 0 Å². The molecule has 4 heteroatoms. The van der Waals surface area contributed by atoms with Crippen LogP contribution in [0.1, 0.15) is 10.5 Å². The number of carbonyl (C=O) groups is 1. The van der Waals surface area contributed by atoms with Crippen LogP contribution in [-0.2, 0) is 0 Å². The summed E-state index contributed by atoms with van der Waals surface area (Å²) in [4.78, 5) is 14.8. The van der Waals surface area contributed by atoms with Crippen LogP contribution >= 0.6 is 0 Å². The van der Waals surface area contributed by atoms with E-state index >= 15 is 0 Å². The third-order valence-corrected chi connectivity index (χ3v) is 2.24. The zero-order valence-electron chi connectivity index (χ0n) is 8.55. The van der Waals surface area contributed by atoms with E-state index in [1.165, 1.54) is 0 Å². The molecule has 80 valence electrons. The fourth-order valence-electron chi connectivity index (χ4n) is 1.43. The molecule has 0 unspecified atom stereocenters. The maximum absolute atomic E-state index is 10.8. The molecule has 0 fully saturated rings. The van der Waals surface area contributed by atoms with Crippen molar-refractivity contribution in [2.75, 3.05) is 5.73 Å². The van der Waals surface area contributed by atoms with Crippen molar-refractivity contribution in [3.63, 3.8) is 0 Å². The van der Waals surface area contributed by atoms with Gasteiger partial charge in [-0.1, -0.05) is 18.2 Å². The normalized spacial score (nSPS) is 10.0. The fourth-order valence-corrected chi connectivity index (χ4v) is 1.43. The van der Waals surface area contributed by atoms with Crippen molar-refractivity contribution in [2.24, 2.45) is 5.73 Å². The molecule has 1 aromatic carbocycles. The van der Waals surface area contributed by atoms with E-state index in [1.807, 2.05) is 24.3 Å². The summed E-state index contributed by atoms with van der Waals surface area (Å²) in [7, 11) is 0. The summed E-state index contributed by atoms with van der Waals surface area (Å²) in [6.45, 7) is 0. The lowest BCUT2D eigenvalue weighted by molar-refractivity contribution is 0.0995. The monoisotopic (exact) mass is 213 g/mol. The number of primary amides is 1. The van der Waals surface area contributed by atoms with Crippen LogP contribution in [0.5, 0.6) is 0 Å². The second kappa shape index (κ2) is 4.02. The number of hydrogen-bond donors (Lipinski definition) is 2. The molecule has 2 rings (SSSR count). The van der Waals surface area contributed by atoms with Crippen LogP contribution in [0.25, 0.3) is 11.1 Å². The third-order valence-electron chi connectivity index (χ3n) is 2.24. The van der Waals surface area contributed by atoms with Crippen molar-refractivity contribution < 1.29 is 4.79 Å². The van der Waals surface area contributed by atoms with Crippen LogP contribution in [-0.4, -0.2) is 10.9 Å². The van der Waals surface area contributed by atoms with Gasteiger partial charge >= 0.3 is 0 Å².